The topological polar surface area (TPSA) is 77.3 Å². The van der Waals surface area contributed by atoms with Crippen molar-refractivity contribution in [3.8, 4) is 0 Å². The molecule has 0 radical (unpaired) electrons. The van der Waals surface area contributed by atoms with Crippen molar-refractivity contribution in [2.75, 3.05) is 11.9 Å². The lowest BCUT2D eigenvalue weighted by molar-refractivity contribution is -0.382. The third-order valence-electron chi connectivity index (χ3n) is 3.78. The summed E-state index contributed by atoms with van der Waals surface area (Å²) in [4.78, 5) is 15.3. The monoisotopic (exact) mass is 287 g/mol. The highest BCUT2D eigenvalue weighted by atomic mass is 16.6. The van der Waals surface area contributed by atoms with E-state index in [-0.39, 0.29) is 22.8 Å². The summed E-state index contributed by atoms with van der Waals surface area (Å²) >= 11 is 0. The zero-order chi connectivity index (χ0) is 14.8. The number of hydrogen-bond acceptors (Lipinski definition) is 5. The summed E-state index contributed by atoms with van der Waals surface area (Å²) < 4.78 is 5.51. The number of fused-ring (bicyclic) bond motifs is 1. The van der Waals surface area contributed by atoms with Gasteiger partial charge in [-0.1, -0.05) is 0 Å². The van der Waals surface area contributed by atoms with Gasteiger partial charge in [0.25, 0.3) is 0 Å². The number of rotatable bonds is 3. The molecule has 6 nitrogen and oxygen atoms in total. The molecule has 1 aromatic carbocycles. The van der Waals surface area contributed by atoms with E-state index in [9.17, 15) is 10.1 Å². The molecule has 0 amide bonds. The highest BCUT2D eigenvalue weighted by molar-refractivity contribution is 5.94. The molecule has 2 aromatic rings. The number of nitro benzene ring substituents is 1. The molecule has 0 saturated carbocycles. The summed E-state index contributed by atoms with van der Waals surface area (Å²) in [6.07, 6.45) is 3.52. The predicted octanol–water partition coefficient (Wildman–Crippen LogP) is 3.12. The van der Waals surface area contributed by atoms with Crippen LogP contribution in [0, 0.1) is 10.1 Å². The minimum atomic E-state index is -0.338. The first-order valence-electron chi connectivity index (χ1n) is 7.05. The number of ether oxygens (including phenoxy) is 1. The van der Waals surface area contributed by atoms with E-state index < -0.39 is 0 Å². The van der Waals surface area contributed by atoms with Crippen LogP contribution in [0.2, 0.25) is 0 Å². The molecule has 0 bridgehead atoms. The van der Waals surface area contributed by atoms with E-state index in [0.29, 0.717) is 23.2 Å². The Morgan fingerprint density at radius 3 is 3.05 bits per heavy atom. The first-order chi connectivity index (χ1) is 10.1. The van der Waals surface area contributed by atoms with Gasteiger partial charge in [-0.15, -0.1) is 0 Å². The van der Waals surface area contributed by atoms with Crippen LogP contribution in [0.5, 0.6) is 0 Å². The van der Waals surface area contributed by atoms with Crippen molar-refractivity contribution in [3.63, 3.8) is 0 Å². The van der Waals surface area contributed by atoms with E-state index in [1.165, 1.54) is 0 Å². The maximum Gasteiger partial charge on any atom is 0.301 e. The summed E-state index contributed by atoms with van der Waals surface area (Å²) in [7, 11) is 0. The molecule has 21 heavy (non-hydrogen) atoms. The van der Waals surface area contributed by atoms with Crippen LogP contribution in [0.15, 0.2) is 30.5 Å². The average molecular weight is 287 g/mol. The molecule has 2 atom stereocenters. The molecular weight excluding hydrogens is 270 g/mol. The van der Waals surface area contributed by atoms with Crippen LogP contribution in [0.3, 0.4) is 0 Å². The number of hydrogen-bond donors (Lipinski definition) is 1. The molecule has 1 N–H and O–H groups in total. The molecule has 1 fully saturated rings. The lowest BCUT2D eigenvalue weighted by atomic mass is 10.0. The van der Waals surface area contributed by atoms with Crippen LogP contribution >= 0.6 is 0 Å². The van der Waals surface area contributed by atoms with Crippen molar-refractivity contribution in [1.82, 2.24) is 4.98 Å². The van der Waals surface area contributed by atoms with Gasteiger partial charge in [-0.05, 0) is 44.0 Å². The highest BCUT2D eigenvalue weighted by Crippen LogP contribution is 2.33. The molecule has 1 aliphatic heterocycles. The van der Waals surface area contributed by atoms with Gasteiger partial charge in [-0.25, -0.2) is 0 Å². The van der Waals surface area contributed by atoms with Gasteiger partial charge in [0.05, 0.1) is 21.9 Å². The first kappa shape index (κ1) is 13.8. The fourth-order valence-corrected chi connectivity index (χ4v) is 2.80. The van der Waals surface area contributed by atoms with Crippen molar-refractivity contribution in [3.05, 3.63) is 40.6 Å². The molecule has 1 aromatic heterocycles. The van der Waals surface area contributed by atoms with Crippen LogP contribution in [-0.2, 0) is 4.74 Å². The van der Waals surface area contributed by atoms with Crippen LogP contribution in [0.1, 0.15) is 19.8 Å². The predicted molar refractivity (Wildman–Crippen MR) is 80.5 cm³/mol. The molecule has 1 saturated heterocycles. The molecular formula is C15H17N3O3. The van der Waals surface area contributed by atoms with Gasteiger partial charge in [0.15, 0.2) is 0 Å². The Hall–Kier alpha value is -2.21. The first-order valence-corrected chi connectivity index (χ1v) is 7.05. The largest absolute Gasteiger partial charge is 0.378 e. The van der Waals surface area contributed by atoms with E-state index in [4.69, 9.17) is 4.74 Å². The molecule has 2 heterocycles. The molecule has 2 unspecified atom stereocenters. The third-order valence-corrected chi connectivity index (χ3v) is 3.78. The summed E-state index contributed by atoms with van der Waals surface area (Å²) in [5, 5.41) is 15.3. The zero-order valence-corrected chi connectivity index (χ0v) is 11.8. The van der Waals surface area contributed by atoms with Crippen molar-refractivity contribution in [2.45, 2.75) is 31.9 Å². The Bertz CT molecular complexity index is 674. The summed E-state index contributed by atoms with van der Waals surface area (Å²) in [6, 6.07) is 7.20. The van der Waals surface area contributed by atoms with Crippen molar-refractivity contribution in [2.24, 2.45) is 0 Å². The maximum atomic E-state index is 11.5. The number of nitro groups is 1. The second-order valence-corrected chi connectivity index (χ2v) is 5.34. The fourth-order valence-electron chi connectivity index (χ4n) is 2.80. The van der Waals surface area contributed by atoms with Crippen LogP contribution in [0.4, 0.5) is 11.4 Å². The Labute approximate surface area is 122 Å². The maximum absolute atomic E-state index is 11.5. The minimum Gasteiger partial charge on any atom is -0.378 e. The van der Waals surface area contributed by atoms with Gasteiger partial charge < -0.3 is 10.1 Å². The summed E-state index contributed by atoms with van der Waals surface area (Å²) in [6.45, 7) is 2.70. The van der Waals surface area contributed by atoms with Crippen LogP contribution in [0.25, 0.3) is 10.9 Å². The van der Waals surface area contributed by atoms with E-state index >= 15 is 0 Å². The minimum absolute atomic E-state index is 0.0970. The van der Waals surface area contributed by atoms with Gasteiger partial charge in [0.1, 0.15) is 5.69 Å². The number of aromatic nitrogens is 1. The van der Waals surface area contributed by atoms with Gasteiger partial charge in [0.2, 0.25) is 0 Å². The number of anilines is 1. The average Bonchev–Trinajstić information content (AvgIpc) is 2.46. The zero-order valence-electron chi connectivity index (χ0n) is 11.8. The van der Waals surface area contributed by atoms with Gasteiger partial charge in [-0.2, -0.15) is 0 Å². The smallest absolute Gasteiger partial charge is 0.301 e. The standard InChI is InChI=1S/C15H17N3O3/c1-10-9-11(6-8-21-10)17-14-5-4-13-12(3-2-7-16-13)15(14)18(19)20/h2-5,7,10-11,17H,6,8-9H2,1H3. The third kappa shape index (κ3) is 2.80. The Morgan fingerprint density at radius 1 is 1.43 bits per heavy atom. The molecule has 1 aliphatic rings. The number of benzene rings is 1. The van der Waals surface area contributed by atoms with Crippen molar-refractivity contribution >= 4 is 22.3 Å². The number of pyridine rings is 1. The van der Waals surface area contributed by atoms with Crippen LogP contribution in [-0.4, -0.2) is 28.7 Å². The highest BCUT2D eigenvalue weighted by Gasteiger charge is 2.24. The fraction of sp³-hybridized carbons (Fsp3) is 0.400. The van der Waals surface area contributed by atoms with E-state index in [0.717, 1.165) is 12.8 Å². The SMILES string of the molecule is CC1CC(Nc2ccc3ncccc3c2[N+](=O)[O-])CCO1. The second kappa shape index (κ2) is 5.65. The molecule has 0 aliphatic carbocycles. The lowest BCUT2D eigenvalue weighted by Gasteiger charge is -2.28. The van der Waals surface area contributed by atoms with E-state index in [1.54, 1.807) is 24.4 Å². The molecule has 0 spiro atoms. The van der Waals surface area contributed by atoms with Crippen molar-refractivity contribution in [1.29, 1.82) is 0 Å². The van der Waals surface area contributed by atoms with Crippen molar-refractivity contribution < 1.29 is 9.66 Å². The second-order valence-electron chi connectivity index (χ2n) is 5.34. The lowest BCUT2D eigenvalue weighted by Crippen LogP contribution is -2.32. The van der Waals surface area contributed by atoms with Gasteiger partial charge in [-0.3, -0.25) is 15.1 Å². The van der Waals surface area contributed by atoms with Gasteiger partial charge >= 0.3 is 5.69 Å². The Balaban J connectivity index is 1.97. The molecule has 110 valence electrons. The number of nitrogens with zero attached hydrogens (tertiary/aromatic N) is 2. The summed E-state index contributed by atoms with van der Waals surface area (Å²) in [5.74, 6) is 0. The van der Waals surface area contributed by atoms with E-state index in [1.807, 2.05) is 13.0 Å². The van der Waals surface area contributed by atoms with Gasteiger partial charge in [0, 0.05) is 18.8 Å². The Kier molecular flexibility index (Phi) is 3.70. The Morgan fingerprint density at radius 2 is 2.29 bits per heavy atom. The van der Waals surface area contributed by atoms with E-state index in [2.05, 4.69) is 10.3 Å². The number of nitrogens with one attached hydrogen (secondary N) is 1. The normalized spacial score (nSPS) is 22.1. The quantitative estimate of drug-likeness (QED) is 0.693. The van der Waals surface area contributed by atoms with Crippen LogP contribution < -0.4 is 5.32 Å². The summed E-state index contributed by atoms with van der Waals surface area (Å²) in [5.41, 5.74) is 1.29. The molecule has 6 heteroatoms. The molecule has 3 rings (SSSR count).